The van der Waals surface area contributed by atoms with E-state index < -0.39 is 0 Å². The van der Waals surface area contributed by atoms with E-state index in [1.54, 1.807) is 25.4 Å². The summed E-state index contributed by atoms with van der Waals surface area (Å²) in [6.07, 6.45) is 3.41. The van der Waals surface area contributed by atoms with Crippen LogP contribution >= 0.6 is 15.9 Å². The first-order chi connectivity index (χ1) is 12.1. The summed E-state index contributed by atoms with van der Waals surface area (Å²) in [5.74, 6) is 0.819. The van der Waals surface area contributed by atoms with Gasteiger partial charge in [-0.1, -0.05) is 18.2 Å². The number of nitrogens with one attached hydrogen (secondary N) is 2. The molecule has 0 aliphatic rings. The molecule has 2 aromatic heterocycles. The highest BCUT2D eigenvalue weighted by Gasteiger charge is 2.11. The highest BCUT2D eigenvalue weighted by atomic mass is 79.9. The molecule has 0 aliphatic carbocycles. The van der Waals surface area contributed by atoms with Gasteiger partial charge >= 0.3 is 0 Å². The van der Waals surface area contributed by atoms with E-state index in [1.807, 2.05) is 36.4 Å². The molecule has 2 N–H and O–H groups in total. The number of para-hydroxylation sites is 1. The number of halogens is 1. The minimum atomic E-state index is -0.260. The van der Waals surface area contributed by atoms with Crippen molar-refractivity contribution >= 4 is 33.3 Å². The van der Waals surface area contributed by atoms with Gasteiger partial charge in [-0.3, -0.25) is 9.78 Å². The van der Waals surface area contributed by atoms with E-state index in [1.165, 1.54) is 0 Å². The van der Waals surface area contributed by atoms with Gasteiger partial charge in [-0.2, -0.15) is 0 Å². The van der Waals surface area contributed by atoms with Crippen molar-refractivity contribution < 1.29 is 4.79 Å². The van der Waals surface area contributed by atoms with Crippen LogP contribution in [0.2, 0.25) is 0 Å². The SMILES string of the molecule is Cc1nc(Nc2ccccc2Br)cc(C(=O)NCc2cccnc2)n1. The number of aryl methyl sites for hydroxylation is 1. The number of carbonyl (C=O) groups excluding carboxylic acids is 1. The zero-order valence-electron chi connectivity index (χ0n) is 13.5. The summed E-state index contributed by atoms with van der Waals surface area (Å²) in [6, 6.07) is 13.1. The smallest absolute Gasteiger partial charge is 0.270 e. The average molecular weight is 398 g/mol. The lowest BCUT2D eigenvalue weighted by atomic mass is 10.2. The average Bonchev–Trinajstić information content (AvgIpc) is 2.62. The van der Waals surface area contributed by atoms with Gasteiger partial charge in [0.1, 0.15) is 17.3 Å². The number of amides is 1. The molecule has 6 nitrogen and oxygen atoms in total. The van der Waals surface area contributed by atoms with Crippen LogP contribution in [0.4, 0.5) is 11.5 Å². The Kier molecular flexibility index (Phi) is 5.35. The number of rotatable bonds is 5. The summed E-state index contributed by atoms with van der Waals surface area (Å²) in [6.45, 7) is 2.14. The van der Waals surface area contributed by atoms with Gasteiger partial charge in [0.2, 0.25) is 0 Å². The van der Waals surface area contributed by atoms with Gasteiger partial charge in [0.05, 0.1) is 5.69 Å². The van der Waals surface area contributed by atoms with E-state index in [2.05, 4.69) is 41.5 Å². The number of benzene rings is 1. The maximum atomic E-state index is 12.4. The first kappa shape index (κ1) is 17.0. The Balaban J connectivity index is 1.74. The fraction of sp³-hybridized carbons (Fsp3) is 0.111. The van der Waals surface area contributed by atoms with Gasteiger partial charge in [0.15, 0.2) is 0 Å². The van der Waals surface area contributed by atoms with Crippen molar-refractivity contribution in [1.29, 1.82) is 0 Å². The molecular weight excluding hydrogens is 382 g/mol. The van der Waals surface area contributed by atoms with Crippen LogP contribution in [-0.4, -0.2) is 20.9 Å². The van der Waals surface area contributed by atoms with Gasteiger partial charge < -0.3 is 10.6 Å². The van der Waals surface area contributed by atoms with Crippen LogP contribution in [0.25, 0.3) is 0 Å². The van der Waals surface area contributed by atoms with Gasteiger partial charge in [0, 0.05) is 29.5 Å². The van der Waals surface area contributed by atoms with Crippen molar-refractivity contribution in [3.05, 3.63) is 76.4 Å². The van der Waals surface area contributed by atoms with Crippen LogP contribution in [0.15, 0.2) is 59.3 Å². The van der Waals surface area contributed by atoms with Crippen LogP contribution in [-0.2, 0) is 6.54 Å². The lowest BCUT2D eigenvalue weighted by Gasteiger charge is -2.10. The van der Waals surface area contributed by atoms with Crippen LogP contribution in [0.1, 0.15) is 21.9 Å². The third-order valence-corrected chi connectivity index (χ3v) is 4.07. The first-order valence-corrected chi connectivity index (χ1v) is 8.45. The highest BCUT2D eigenvalue weighted by molar-refractivity contribution is 9.10. The molecule has 0 radical (unpaired) electrons. The second-order valence-electron chi connectivity index (χ2n) is 5.33. The van der Waals surface area contributed by atoms with Gasteiger partial charge in [-0.15, -0.1) is 0 Å². The molecule has 0 saturated carbocycles. The number of hydrogen-bond acceptors (Lipinski definition) is 5. The minimum absolute atomic E-state index is 0.260. The van der Waals surface area contributed by atoms with Crippen LogP contribution in [0, 0.1) is 6.92 Å². The molecule has 3 aromatic rings. The third-order valence-electron chi connectivity index (χ3n) is 3.38. The zero-order chi connectivity index (χ0) is 17.6. The molecule has 0 aliphatic heterocycles. The molecule has 3 rings (SSSR count). The van der Waals surface area contributed by atoms with E-state index in [-0.39, 0.29) is 5.91 Å². The molecule has 7 heteroatoms. The molecule has 25 heavy (non-hydrogen) atoms. The van der Waals surface area contributed by atoms with E-state index in [4.69, 9.17) is 0 Å². The predicted molar refractivity (Wildman–Crippen MR) is 99.6 cm³/mol. The third kappa shape index (κ3) is 4.60. The van der Waals surface area contributed by atoms with E-state index >= 15 is 0 Å². The van der Waals surface area contributed by atoms with Crippen molar-refractivity contribution in [2.24, 2.45) is 0 Å². The molecule has 2 heterocycles. The molecule has 0 spiro atoms. The summed E-state index contributed by atoms with van der Waals surface area (Å²) in [5, 5.41) is 6.03. The standard InChI is InChI=1S/C18H16BrN5O/c1-12-22-16(18(25)21-11-13-5-4-8-20-10-13)9-17(23-12)24-15-7-3-2-6-14(15)19/h2-10H,11H2,1H3,(H,21,25)(H,22,23,24). The molecule has 1 amide bonds. The van der Waals surface area contributed by atoms with Gasteiger partial charge in [0.25, 0.3) is 5.91 Å². The molecule has 0 unspecified atom stereocenters. The number of nitrogens with zero attached hydrogens (tertiary/aromatic N) is 3. The molecule has 0 fully saturated rings. The fourth-order valence-electron chi connectivity index (χ4n) is 2.22. The molecule has 1 aromatic carbocycles. The maximum Gasteiger partial charge on any atom is 0.270 e. The Labute approximate surface area is 153 Å². The summed E-state index contributed by atoms with van der Waals surface area (Å²) >= 11 is 3.48. The maximum absolute atomic E-state index is 12.4. The Morgan fingerprint density at radius 2 is 2.00 bits per heavy atom. The summed E-state index contributed by atoms with van der Waals surface area (Å²) in [4.78, 5) is 25.0. The quantitative estimate of drug-likeness (QED) is 0.687. The summed E-state index contributed by atoms with van der Waals surface area (Å²) in [7, 11) is 0. The van der Waals surface area contributed by atoms with Crippen LogP contribution in [0.5, 0.6) is 0 Å². The van der Waals surface area contributed by atoms with Crippen molar-refractivity contribution in [3.8, 4) is 0 Å². The number of hydrogen-bond donors (Lipinski definition) is 2. The molecular formula is C18H16BrN5O. The molecule has 126 valence electrons. The minimum Gasteiger partial charge on any atom is -0.347 e. The van der Waals surface area contributed by atoms with Crippen molar-refractivity contribution in [2.45, 2.75) is 13.5 Å². The number of pyridine rings is 1. The summed E-state index contributed by atoms with van der Waals surface area (Å²) in [5.41, 5.74) is 2.10. The van der Waals surface area contributed by atoms with E-state index in [9.17, 15) is 4.79 Å². The Bertz CT molecular complexity index is 886. The van der Waals surface area contributed by atoms with Crippen LogP contribution in [0.3, 0.4) is 0 Å². The Morgan fingerprint density at radius 1 is 1.16 bits per heavy atom. The van der Waals surface area contributed by atoms with Crippen molar-refractivity contribution in [1.82, 2.24) is 20.3 Å². The van der Waals surface area contributed by atoms with Crippen molar-refractivity contribution in [2.75, 3.05) is 5.32 Å². The van der Waals surface area contributed by atoms with Crippen LogP contribution < -0.4 is 10.6 Å². The monoisotopic (exact) mass is 397 g/mol. The molecule has 0 saturated heterocycles. The lowest BCUT2D eigenvalue weighted by Crippen LogP contribution is -2.24. The topological polar surface area (TPSA) is 79.8 Å². The number of aromatic nitrogens is 3. The zero-order valence-corrected chi connectivity index (χ0v) is 15.1. The van der Waals surface area contributed by atoms with E-state index in [0.29, 0.717) is 23.9 Å². The molecule has 0 atom stereocenters. The fourth-order valence-corrected chi connectivity index (χ4v) is 2.61. The Morgan fingerprint density at radius 3 is 2.76 bits per heavy atom. The number of anilines is 2. The number of carbonyl (C=O) groups is 1. The van der Waals surface area contributed by atoms with Crippen molar-refractivity contribution in [3.63, 3.8) is 0 Å². The molecule has 0 bridgehead atoms. The first-order valence-electron chi connectivity index (χ1n) is 7.66. The Hall–Kier alpha value is -2.80. The second-order valence-corrected chi connectivity index (χ2v) is 6.19. The van der Waals surface area contributed by atoms with Gasteiger partial charge in [-0.25, -0.2) is 9.97 Å². The second kappa shape index (κ2) is 7.85. The van der Waals surface area contributed by atoms with Gasteiger partial charge in [-0.05, 0) is 46.6 Å². The summed E-state index contributed by atoms with van der Waals surface area (Å²) < 4.78 is 0.911. The lowest BCUT2D eigenvalue weighted by molar-refractivity contribution is 0.0945. The van der Waals surface area contributed by atoms with E-state index in [0.717, 1.165) is 15.7 Å². The highest BCUT2D eigenvalue weighted by Crippen LogP contribution is 2.24. The largest absolute Gasteiger partial charge is 0.347 e. The normalized spacial score (nSPS) is 10.3. The predicted octanol–water partition coefficient (Wildman–Crippen LogP) is 3.62.